The van der Waals surface area contributed by atoms with E-state index in [9.17, 15) is 4.79 Å². The normalized spacial score (nSPS) is 26.9. The summed E-state index contributed by atoms with van der Waals surface area (Å²) >= 11 is 0. The summed E-state index contributed by atoms with van der Waals surface area (Å²) in [6.07, 6.45) is 7.85. The van der Waals surface area contributed by atoms with Gasteiger partial charge in [-0.05, 0) is 44.6 Å². The van der Waals surface area contributed by atoms with Crippen molar-refractivity contribution in [2.75, 3.05) is 13.1 Å². The number of carbonyl (C=O) groups excluding carboxylic acids is 1. The molecule has 1 aliphatic carbocycles. The Kier molecular flexibility index (Phi) is 5.11. The third-order valence-electron chi connectivity index (χ3n) is 5.05. The van der Waals surface area contributed by atoms with Crippen LogP contribution < -0.4 is 5.32 Å². The zero-order chi connectivity index (χ0) is 14.8. The van der Waals surface area contributed by atoms with Crippen LogP contribution in [0.3, 0.4) is 0 Å². The Morgan fingerprint density at radius 1 is 1.25 bits per heavy atom. The van der Waals surface area contributed by atoms with Gasteiger partial charge in [-0.3, -0.25) is 9.69 Å². The van der Waals surface area contributed by atoms with Crippen LogP contribution in [-0.4, -0.2) is 36.0 Å². The predicted octanol–water partition coefficient (Wildman–Crippen LogP) is 3.19. The summed E-state index contributed by atoms with van der Waals surface area (Å²) in [5, 5.41) is 3.26. The second-order valence-corrected chi connectivity index (χ2v) is 7.72. The second-order valence-electron chi connectivity index (χ2n) is 7.72. The van der Waals surface area contributed by atoms with E-state index < -0.39 is 0 Å². The van der Waals surface area contributed by atoms with E-state index >= 15 is 0 Å². The summed E-state index contributed by atoms with van der Waals surface area (Å²) in [5.41, 5.74) is -0.277. The first-order valence-electron chi connectivity index (χ1n) is 8.47. The summed E-state index contributed by atoms with van der Waals surface area (Å²) in [5.74, 6) is 1.11. The lowest BCUT2D eigenvalue weighted by molar-refractivity contribution is -0.129. The molecule has 3 heteroatoms. The van der Waals surface area contributed by atoms with Crippen molar-refractivity contribution in [3.05, 3.63) is 0 Å². The molecule has 20 heavy (non-hydrogen) atoms. The van der Waals surface area contributed by atoms with Crippen LogP contribution in [0.25, 0.3) is 0 Å². The van der Waals surface area contributed by atoms with Crippen molar-refractivity contribution in [2.45, 2.75) is 78.3 Å². The molecule has 0 aromatic heterocycles. The lowest BCUT2D eigenvalue weighted by Crippen LogP contribution is -2.54. The number of likely N-dealkylation sites (tertiary alicyclic amines) is 1. The van der Waals surface area contributed by atoms with Crippen molar-refractivity contribution in [1.82, 2.24) is 10.2 Å². The van der Waals surface area contributed by atoms with E-state index in [4.69, 9.17) is 0 Å². The third-order valence-corrected chi connectivity index (χ3v) is 5.05. The first kappa shape index (κ1) is 15.8. The zero-order valence-corrected chi connectivity index (χ0v) is 13.7. The van der Waals surface area contributed by atoms with Crippen LogP contribution in [0.4, 0.5) is 0 Å². The van der Waals surface area contributed by atoms with Crippen molar-refractivity contribution >= 4 is 5.91 Å². The molecule has 0 bridgehead atoms. The topological polar surface area (TPSA) is 32.3 Å². The lowest BCUT2D eigenvalue weighted by Gasteiger charge is -2.44. The molecule has 0 spiro atoms. The Morgan fingerprint density at radius 2 is 1.95 bits per heavy atom. The quantitative estimate of drug-likeness (QED) is 0.857. The molecular weight excluding hydrogens is 248 g/mol. The Bertz CT molecular complexity index is 330. The van der Waals surface area contributed by atoms with Gasteiger partial charge in [-0.25, -0.2) is 0 Å². The number of rotatable bonds is 4. The number of nitrogens with one attached hydrogen (secondary N) is 1. The highest BCUT2D eigenvalue weighted by Gasteiger charge is 2.34. The molecule has 2 aliphatic rings. The van der Waals surface area contributed by atoms with Crippen molar-refractivity contribution < 1.29 is 4.79 Å². The van der Waals surface area contributed by atoms with Gasteiger partial charge in [0.15, 0.2) is 0 Å². The molecule has 2 unspecified atom stereocenters. The smallest absolute Gasteiger partial charge is 0.225 e. The molecule has 2 atom stereocenters. The van der Waals surface area contributed by atoms with Gasteiger partial charge in [0, 0.05) is 24.0 Å². The number of hydrogen-bond acceptors (Lipinski definition) is 2. The second kappa shape index (κ2) is 6.46. The van der Waals surface area contributed by atoms with E-state index in [0.717, 1.165) is 24.9 Å². The fourth-order valence-corrected chi connectivity index (χ4v) is 3.54. The fraction of sp³-hybridized carbons (Fsp3) is 0.941. The van der Waals surface area contributed by atoms with Gasteiger partial charge in [-0.2, -0.15) is 0 Å². The molecule has 116 valence electrons. The zero-order valence-electron chi connectivity index (χ0n) is 13.7. The Hall–Kier alpha value is -0.570. The standard InChI is InChI=1S/C17H32N2O/c1-5-15(13-8-6-9-13)19-11-7-10-14(12-19)18-16(20)17(2,3)4/h13-15H,5-12H2,1-4H3,(H,18,20). The average molecular weight is 280 g/mol. The minimum Gasteiger partial charge on any atom is -0.352 e. The van der Waals surface area contributed by atoms with Crippen LogP contribution in [0.2, 0.25) is 0 Å². The van der Waals surface area contributed by atoms with Crippen molar-refractivity contribution in [3.63, 3.8) is 0 Å². The minimum absolute atomic E-state index is 0.195. The maximum absolute atomic E-state index is 12.2. The first-order valence-corrected chi connectivity index (χ1v) is 8.47. The van der Waals surface area contributed by atoms with Crippen LogP contribution >= 0.6 is 0 Å². The molecule has 1 saturated heterocycles. The fourth-order valence-electron chi connectivity index (χ4n) is 3.54. The van der Waals surface area contributed by atoms with E-state index in [-0.39, 0.29) is 11.3 Å². The van der Waals surface area contributed by atoms with Gasteiger partial charge in [-0.1, -0.05) is 34.1 Å². The highest BCUT2D eigenvalue weighted by Crippen LogP contribution is 2.34. The molecular formula is C17H32N2O. The number of hydrogen-bond donors (Lipinski definition) is 1. The molecule has 2 rings (SSSR count). The van der Waals surface area contributed by atoms with Crippen molar-refractivity contribution in [2.24, 2.45) is 11.3 Å². The highest BCUT2D eigenvalue weighted by atomic mass is 16.2. The first-order chi connectivity index (χ1) is 9.41. The van der Waals surface area contributed by atoms with Crippen LogP contribution in [0.5, 0.6) is 0 Å². The molecule has 1 amide bonds. The molecule has 0 aromatic rings. The summed E-state index contributed by atoms with van der Waals surface area (Å²) in [4.78, 5) is 14.8. The molecule has 1 saturated carbocycles. The van der Waals surface area contributed by atoms with E-state index in [1.54, 1.807) is 0 Å². The number of nitrogens with zero attached hydrogens (tertiary/aromatic N) is 1. The van der Waals surface area contributed by atoms with E-state index in [1.807, 2.05) is 20.8 Å². The molecule has 1 N–H and O–H groups in total. The van der Waals surface area contributed by atoms with E-state index in [2.05, 4.69) is 17.1 Å². The van der Waals surface area contributed by atoms with Crippen LogP contribution in [0, 0.1) is 11.3 Å². The maximum atomic E-state index is 12.2. The van der Waals surface area contributed by atoms with Gasteiger partial charge >= 0.3 is 0 Å². The monoisotopic (exact) mass is 280 g/mol. The van der Waals surface area contributed by atoms with Crippen LogP contribution in [0.15, 0.2) is 0 Å². The van der Waals surface area contributed by atoms with Gasteiger partial charge in [-0.15, -0.1) is 0 Å². The highest BCUT2D eigenvalue weighted by molar-refractivity contribution is 5.81. The average Bonchev–Trinajstić information content (AvgIpc) is 2.32. The van der Waals surface area contributed by atoms with Crippen LogP contribution in [0.1, 0.15) is 66.2 Å². The number of carbonyl (C=O) groups is 1. The third kappa shape index (κ3) is 3.75. The summed E-state index contributed by atoms with van der Waals surface area (Å²) < 4.78 is 0. The number of amides is 1. The minimum atomic E-state index is -0.277. The molecule has 1 heterocycles. The Morgan fingerprint density at radius 3 is 2.45 bits per heavy atom. The van der Waals surface area contributed by atoms with Crippen molar-refractivity contribution in [1.29, 1.82) is 0 Å². The SMILES string of the molecule is CCC(C1CCC1)N1CCCC(NC(=O)C(C)(C)C)C1. The van der Waals surface area contributed by atoms with Gasteiger partial charge in [0.2, 0.25) is 5.91 Å². The van der Waals surface area contributed by atoms with Gasteiger partial charge in [0.1, 0.15) is 0 Å². The lowest BCUT2D eigenvalue weighted by atomic mass is 9.77. The summed E-state index contributed by atoms with van der Waals surface area (Å²) in [6, 6.07) is 1.10. The van der Waals surface area contributed by atoms with Crippen LogP contribution in [-0.2, 0) is 4.79 Å². The van der Waals surface area contributed by atoms with E-state index in [0.29, 0.717) is 6.04 Å². The molecule has 0 radical (unpaired) electrons. The maximum Gasteiger partial charge on any atom is 0.225 e. The van der Waals surface area contributed by atoms with Gasteiger partial charge in [0.25, 0.3) is 0 Å². The Labute approximate surface area is 124 Å². The largest absolute Gasteiger partial charge is 0.352 e. The van der Waals surface area contributed by atoms with E-state index in [1.165, 1.54) is 38.6 Å². The number of piperidine rings is 1. The molecule has 2 fully saturated rings. The Balaban J connectivity index is 1.89. The molecule has 3 nitrogen and oxygen atoms in total. The summed E-state index contributed by atoms with van der Waals surface area (Å²) in [7, 11) is 0. The van der Waals surface area contributed by atoms with Gasteiger partial charge < -0.3 is 5.32 Å². The van der Waals surface area contributed by atoms with Crippen molar-refractivity contribution in [3.8, 4) is 0 Å². The molecule has 0 aromatic carbocycles. The summed E-state index contributed by atoms with van der Waals surface area (Å²) in [6.45, 7) is 10.6. The van der Waals surface area contributed by atoms with Gasteiger partial charge in [0.05, 0.1) is 0 Å². The molecule has 1 aliphatic heterocycles. The predicted molar refractivity (Wildman–Crippen MR) is 83.6 cm³/mol.